The van der Waals surface area contributed by atoms with Crippen LogP contribution in [0.1, 0.15) is 26.0 Å². The zero-order valence-electron chi connectivity index (χ0n) is 12.7. The van der Waals surface area contributed by atoms with E-state index in [1.165, 1.54) is 0 Å². The fraction of sp³-hybridized carbons (Fsp3) is 0.667. The highest BCUT2D eigenvalue weighted by Gasteiger charge is 2.00. The van der Waals surface area contributed by atoms with E-state index in [0.29, 0.717) is 25.9 Å². The summed E-state index contributed by atoms with van der Waals surface area (Å²) >= 11 is 0. The van der Waals surface area contributed by atoms with Crippen molar-refractivity contribution in [2.45, 2.75) is 32.9 Å². The molecule has 0 saturated heterocycles. The highest BCUT2D eigenvalue weighted by molar-refractivity contribution is 5.22. The molecule has 5 heteroatoms. The van der Waals surface area contributed by atoms with E-state index < -0.39 is 0 Å². The van der Waals surface area contributed by atoms with Crippen LogP contribution in [0, 0.1) is 0 Å². The SMILES string of the molecule is COCCCOCCOc1ccnc(CNC(C)C)c1. The molecule has 0 aromatic carbocycles. The maximum atomic E-state index is 5.64. The van der Waals surface area contributed by atoms with Crippen molar-refractivity contribution in [2.24, 2.45) is 0 Å². The van der Waals surface area contributed by atoms with Gasteiger partial charge in [-0.15, -0.1) is 0 Å². The fourth-order valence-corrected chi connectivity index (χ4v) is 1.58. The summed E-state index contributed by atoms with van der Waals surface area (Å²) < 4.78 is 16.0. The zero-order valence-corrected chi connectivity index (χ0v) is 12.7. The minimum Gasteiger partial charge on any atom is -0.491 e. The summed E-state index contributed by atoms with van der Waals surface area (Å²) in [4.78, 5) is 4.30. The quantitative estimate of drug-likeness (QED) is 0.629. The van der Waals surface area contributed by atoms with Gasteiger partial charge in [0.1, 0.15) is 12.4 Å². The molecule has 20 heavy (non-hydrogen) atoms. The van der Waals surface area contributed by atoms with E-state index in [2.05, 4.69) is 24.1 Å². The van der Waals surface area contributed by atoms with Gasteiger partial charge in [-0.25, -0.2) is 0 Å². The number of nitrogens with zero attached hydrogens (tertiary/aromatic N) is 1. The minimum atomic E-state index is 0.446. The fourth-order valence-electron chi connectivity index (χ4n) is 1.58. The van der Waals surface area contributed by atoms with E-state index in [0.717, 1.165) is 31.0 Å². The van der Waals surface area contributed by atoms with Crippen molar-refractivity contribution in [3.63, 3.8) is 0 Å². The number of methoxy groups -OCH3 is 1. The summed E-state index contributed by atoms with van der Waals surface area (Å²) in [5, 5.41) is 3.33. The molecule has 5 nitrogen and oxygen atoms in total. The van der Waals surface area contributed by atoms with E-state index >= 15 is 0 Å². The summed E-state index contributed by atoms with van der Waals surface area (Å²) in [6, 6.07) is 4.27. The molecule has 0 aliphatic carbocycles. The van der Waals surface area contributed by atoms with Crippen LogP contribution < -0.4 is 10.1 Å². The van der Waals surface area contributed by atoms with Crippen molar-refractivity contribution in [1.29, 1.82) is 0 Å². The van der Waals surface area contributed by atoms with E-state index in [-0.39, 0.29) is 0 Å². The molecule has 0 radical (unpaired) electrons. The van der Waals surface area contributed by atoms with Crippen molar-refractivity contribution in [3.05, 3.63) is 24.0 Å². The number of hydrogen-bond donors (Lipinski definition) is 1. The number of rotatable bonds is 11. The van der Waals surface area contributed by atoms with Gasteiger partial charge in [0.05, 0.1) is 12.3 Å². The van der Waals surface area contributed by atoms with Crippen molar-refractivity contribution in [2.75, 3.05) is 33.5 Å². The van der Waals surface area contributed by atoms with Gasteiger partial charge in [0.25, 0.3) is 0 Å². The Morgan fingerprint density at radius 3 is 2.80 bits per heavy atom. The third-order valence-electron chi connectivity index (χ3n) is 2.61. The molecule has 0 aliphatic heterocycles. The number of aromatic nitrogens is 1. The first-order valence-electron chi connectivity index (χ1n) is 7.10. The average molecular weight is 282 g/mol. The van der Waals surface area contributed by atoms with Crippen LogP contribution in [0.15, 0.2) is 18.3 Å². The number of pyridine rings is 1. The summed E-state index contributed by atoms with van der Waals surface area (Å²) in [5.41, 5.74) is 0.984. The van der Waals surface area contributed by atoms with E-state index in [9.17, 15) is 0 Å². The molecule has 0 unspecified atom stereocenters. The van der Waals surface area contributed by atoms with Crippen molar-refractivity contribution in [3.8, 4) is 5.75 Å². The Morgan fingerprint density at radius 2 is 2.05 bits per heavy atom. The lowest BCUT2D eigenvalue weighted by molar-refractivity contribution is 0.0806. The molecule has 0 aliphatic rings. The smallest absolute Gasteiger partial charge is 0.122 e. The molecule has 0 fully saturated rings. The van der Waals surface area contributed by atoms with Gasteiger partial charge in [0.2, 0.25) is 0 Å². The Balaban J connectivity index is 2.18. The molecule has 0 bridgehead atoms. The van der Waals surface area contributed by atoms with Crippen LogP contribution in [0.4, 0.5) is 0 Å². The highest BCUT2D eigenvalue weighted by Crippen LogP contribution is 2.10. The third-order valence-corrected chi connectivity index (χ3v) is 2.61. The van der Waals surface area contributed by atoms with Crippen LogP contribution in [0.5, 0.6) is 5.75 Å². The number of ether oxygens (including phenoxy) is 3. The Hall–Kier alpha value is -1.17. The van der Waals surface area contributed by atoms with Crippen LogP contribution in [0.25, 0.3) is 0 Å². The monoisotopic (exact) mass is 282 g/mol. The first kappa shape index (κ1) is 16.9. The Morgan fingerprint density at radius 1 is 1.20 bits per heavy atom. The molecule has 0 spiro atoms. The molecule has 0 atom stereocenters. The van der Waals surface area contributed by atoms with Gasteiger partial charge < -0.3 is 19.5 Å². The Kier molecular flexibility index (Phi) is 8.95. The van der Waals surface area contributed by atoms with Crippen LogP contribution in [0.3, 0.4) is 0 Å². The molecule has 1 aromatic heterocycles. The normalized spacial score (nSPS) is 11.0. The van der Waals surface area contributed by atoms with Gasteiger partial charge in [0.15, 0.2) is 0 Å². The lowest BCUT2D eigenvalue weighted by Crippen LogP contribution is -2.22. The summed E-state index contributed by atoms with van der Waals surface area (Å²) in [6.45, 7) is 7.55. The van der Waals surface area contributed by atoms with Gasteiger partial charge in [-0.2, -0.15) is 0 Å². The molecule has 1 aromatic rings. The third kappa shape index (κ3) is 8.09. The van der Waals surface area contributed by atoms with E-state index in [4.69, 9.17) is 14.2 Å². The predicted octanol–water partition coefficient (Wildman–Crippen LogP) is 2.01. The topological polar surface area (TPSA) is 52.6 Å². The van der Waals surface area contributed by atoms with E-state index in [1.807, 2.05) is 12.1 Å². The molecule has 0 saturated carbocycles. The van der Waals surface area contributed by atoms with Gasteiger partial charge in [-0.3, -0.25) is 4.98 Å². The van der Waals surface area contributed by atoms with E-state index in [1.54, 1.807) is 13.3 Å². The second kappa shape index (κ2) is 10.6. The van der Waals surface area contributed by atoms with Gasteiger partial charge in [-0.1, -0.05) is 13.8 Å². The molecule has 114 valence electrons. The summed E-state index contributed by atoms with van der Waals surface area (Å²) in [5.74, 6) is 0.834. The number of hydrogen-bond acceptors (Lipinski definition) is 5. The molecule has 1 rings (SSSR count). The van der Waals surface area contributed by atoms with Crippen LogP contribution in [-0.2, 0) is 16.0 Å². The molecular formula is C15H26N2O3. The molecule has 1 N–H and O–H groups in total. The Labute approximate surface area is 121 Å². The van der Waals surface area contributed by atoms with Crippen molar-refractivity contribution in [1.82, 2.24) is 10.3 Å². The highest BCUT2D eigenvalue weighted by atomic mass is 16.5. The van der Waals surface area contributed by atoms with Crippen LogP contribution >= 0.6 is 0 Å². The largest absolute Gasteiger partial charge is 0.491 e. The minimum absolute atomic E-state index is 0.446. The summed E-state index contributed by atoms with van der Waals surface area (Å²) in [7, 11) is 1.69. The van der Waals surface area contributed by atoms with Gasteiger partial charge in [0, 0.05) is 45.2 Å². The number of nitrogens with one attached hydrogen (secondary N) is 1. The van der Waals surface area contributed by atoms with Crippen molar-refractivity contribution < 1.29 is 14.2 Å². The molecule has 1 heterocycles. The maximum absolute atomic E-state index is 5.64. The van der Waals surface area contributed by atoms with Crippen LogP contribution in [-0.4, -0.2) is 44.6 Å². The zero-order chi connectivity index (χ0) is 14.6. The second-order valence-corrected chi connectivity index (χ2v) is 4.83. The first-order chi connectivity index (χ1) is 9.72. The summed E-state index contributed by atoms with van der Waals surface area (Å²) in [6.07, 6.45) is 2.68. The lowest BCUT2D eigenvalue weighted by atomic mass is 10.3. The maximum Gasteiger partial charge on any atom is 0.122 e. The lowest BCUT2D eigenvalue weighted by Gasteiger charge is -2.10. The Bertz CT molecular complexity index is 359. The molecule has 0 amide bonds. The second-order valence-electron chi connectivity index (χ2n) is 4.83. The van der Waals surface area contributed by atoms with Gasteiger partial charge in [-0.05, 0) is 12.5 Å². The van der Waals surface area contributed by atoms with Gasteiger partial charge >= 0.3 is 0 Å². The standard InChI is InChI=1S/C15H26N2O3/c1-13(2)17-12-14-11-15(5-6-16-14)20-10-9-19-8-4-7-18-3/h5-6,11,13,17H,4,7-10,12H2,1-3H3. The average Bonchev–Trinajstić information content (AvgIpc) is 2.45. The van der Waals surface area contributed by atoms with Crippen molar-refractivity contribution >= 4 is 0 Å². The molecular weight excluding hydrogens is 256 g/mol. The predicted molar refractivity (Wildman–Crippen MR) is 79.0 cm³/mol. The van der Waals surface area contributed by atoms with Crippen LogP contribution in [0.2, 0.25) is 0 Å². The first-order valence-corrected chi connectivity index (χ1v) is 7.10.